The molecule has 0 aliphatic carbocycles. The molecule has 1 aromatic carbocycles. The number of nitrogens with zero attached hydrogens (tertiary/aromatic N) is 7. The molecule has 0 saturated carbocycles. The van der Waals surface area contributed by atoms with Crippen molar-refractivity contribution in [3.05, 3.63) is 51.8 Å². The number of hydrogen-bond acceptors (Lipinski definition) is 8. The van der Waals surface area contributed by atoms with E-state index in [2.05, 4.69) is 19.8 Å². The molecule has 0 atom stereocenters. The van der Waals surface area contributed by atoms with Gasteiger partial charge in [0.05, 0.1) is 11.5 Å². The molecule has 2 aromatic rings. The molecular weight excluding hydrogens is 422 g/mol. The van der Waals surface area contributed by atoms with E-state index in [0.29, 0.717) is 75.6 Å². The third-order valence-electron chi connectivity index (χ3n) is 5.67. The number of rotatable bonds is 5. The van der Waals surface area contributed by atoms with Gasteiger partial charge in [0.25, 0.3) is 5.69 Å². The third kappa shape index (κ3) is 5.02. The van der Waals surface area contributed by atoms with Crippen LogP contribution in [0.15, 0.2) is 36.7 Å². The first-order valence-corrected chi connectivity index (χ1v) is 10.6. The summed E-state index contributed by atoms with van der Waals surface area (Å²) in [6.07, 6.45) is 3.44. The Bertz CT molecular complexity index is 930. The largest absolute Gasteiger partial charge is 0.363 e. The average molecular weight is 446 g/mol. The minimum atomic E-state index is -0.406. The maximum atomic E-state index is 12.8. The summed E-state index contributed by atoms with van der Waals surface area (Å²) in [7, 11) is 0. The first kappa shape index (κ1) is 21.3. The van der Waals surface area contributed by atoms with Crippen LogP contribution in [0.4, 0.5) is 17.3 Å². The van der Waals surface area contributed by atoms with Crippen molar-refractivity contribution in [2.75, 3.05) is 68.7 Å². The first-order valence-electron chi connectivity index (χ1n) is 10.2. The number of amides is 1. The van der Waals surface area contributed by atoms with Gasteiger partial charge in [0.1, 0.15) is 5.69 Å². The number of carbonyl (C=O) groups is 1. The van der Waals surface area contributed by atoms with E-state index in [1.54, 1.807) is 30.6 Å². The number of nitro groups is 1. The Morgan fingerprint density at radius 2 is 1.65 bits per heavy atom. The van der Waals surface area contributed by atoms with E-state index in [9.17, 15) is 14.9 Å². The van der Waals surface area contributed by atoms with E-state index in [-0.39, 0.29) is 11.6 Å². The van der Waals surface area contributed by atoms with Crippen molar-refractivity contribution >= 4 is 34.8 Å². The monoisotopic (exact) mass is 445 g/mol. The summed E-state index contributed by atoms with van der Waals surface area (Å²) in [6.45, 7) is 5.66. The molecule has 31 heavy (non-hydrogen) atoms. The Hall–Kier alpha value is -2.98. The number of anilines is 2. The standard InChI is InChI=1S/C20H24ClN7O3/c21-16-2-3-17(18(14-16)28(30)31)25-8-6-24(7-9-25)15-19(29)26-10-12-27(13-11-26)20-22-4-1-5-23-20/h1-5,14H,6-13,15H2. The van der Waals surface area contributed by atoms with Crippen LogP contribution in [-0.4, -0.2) is 89.5 Å². The van der Waals surface area contributed by atoms with Crippen LogP contribution in [0.3, 0.4) is 0 Å². The van der Waals surface area contributed by atoms with Gasteiger partial charge in [-0.2, -0.15) is 0 Å². The van der Waals surface area contributed by atoms with Crippen molar-refractivity contribution in [1.82, 2.24) is 19.8 Å². The number of carbonyl (C=O) groups excluding carboxylic acids is 1. The first-order chi connectivity index (χ1) is 15.0. The Labute approximate surface area is 185 Å². The smallest absolute Gasteiger partial charge is 0.294 e. The van der Waals surface area contributed by atoms with E-state index >= 15 is 0 Å². The second-order valence-corrected chi connectivity index (χ2v) is 8.01. The Balaban J connectivity index is 1.27. The highest BCUT2D eigenvalue weighted by atomic mass is 35.5. The lowest BCUT2D eigenvalue weighted by molar-refractivity contribution is -0.384. The van der Waals surface area contributed by atoms with Gasteiger partial charge < -0.3 is 14.7 Å². The Kier molecular flexibility index (Phi) is 6.47. The molecule has 0 N–H and O–H groups in total. The summed E-state index contributed by atoms with van der Waals surface area (Å²) in [4.78, 5) is 40.3. The van der Waals surface area contributed by atoms with E-state index in [1.807, 2.05) is 9.80 Å². The molecule has 11 heteroatoms. The highest BCUT2D eigenvalue weighted by Crippen LogP contribution is 2.31. The van der Waals surface area contributed by atoms with Crippen LogP contribution in [0.2, 0.25) is 5.02 Å². The molecule has 0 radical (unpaired) electrons. The minimum Gasteiger partial charge on any atom is -0.363 e. The maximum absolute atomic E-state index is 12.8. The summed E-state index contributed by atoms with van der Waals surface area (Å²) in [5.41, 5.74) is 0.580. The lowest BCUT2D eigenvalue weighted by Crippen LogP contribution is -2.54. The van der Waals surface area contributed by atoms with Gasteiger partial charge in [-0.25, -0.2) is 9.97 Å². The number of aromatic nitrogens is 2. The van der Waals surface area contributed by atoms with E-state index in [4.69, 9.17) is 11.6 Å². The molecule has 1 amide bonds. The zero-order valence-electron chi connectivity index (χ0n) is 17.1. The fourth-order valence-corrected chi connectivity index (χ4v) is 4.13. The summed E-state index contributed by atoms with van der Waals surface area (Å²) in [6, 6.07) is 6.53. The molecule has 164 valence electrons. The summed E-state index contributed by atoms with van der Waals surface area (Å²) in [5.74, 6) is 0.807. The molecule has 2 aliphatic rings. The van der Waals surface area contributed by atoms with Gasteiger partial charge in [-0.15, -0.1) is 0 Å². The molecule has 2 aliphatic heterocycles. The van der Waals surface area contributed by atoms with Gasteiger partial charge in [0.15, 0.2) is 0 Å². The van der Waals surface area contributed by atoms with Crippen LogP contribution >= 0.6 is 11.6 Å². The summed E-state index contributed by atoms with van der Waals surface area (Å²) < 4.78 is 0. The minimum absolute atomic E-state index is 0.0114. The van der Waals surface area contributed by atoms with E-state index in [0.717, 1.165) is 0 Å². The van der Waals surface area contributed by atoms with Crippen molar-refractivity contribution in [3.8, 4) is 0 Å². The molecule has 2 saturated heterocycles. The van der Waals surface area contributed by atoms with Crippen molar-refractivity contribution in [1.29, 1.82) is 0 Å². The van der Waals surface area contributed by atoms with Crippen molar-refractivity contribution in [2.45, 2.75) is 0 Å². The van der Waals surface area contributed by atoms with Gasteiger partial charge in [-0.05, 0) is 18.2 Å². The molecule has 1 aromatic heterocycles. The van der Waals surface area contributed by atoms with Crippen molar-refractivity contribution in [2.24, 2.45) is 0 Å². The van der Waals surface area contributed by atoms with Crippen LogP contribution < -0.4 is 9.80 Å². The molecular formula is C20H24ClN7O3. The number of nitro benzene ring substituents is 1. The number of hydrogen-bond donors (Lipinski definition) is 0. The van der Waals surface area contributed by atoms with E-state index < -0.39 is 4.92 Å². The molecule has 0 bridgehead atoms. The Morgan fingerprint density at radius 3 is 2.29 bits per heavy atom. The van der Waals surface area contributed by atoms with Crippen LogP contribution in [0, 0.1) is 10.1 Å². The van der Waals surface area contributed by atoms with Crippen molar-refractivity contribution in [3.63, 3.8) is 0 Å². The lowest BCUT2D eigenvalue weighted by Gasteiger charge is -2.38. The SMILES string of the molecule is O=C(CN1CCN(c2ccc(Cl)cc2[N+](=O)[O-])CC1)N1CCN(c2ncccn2)CC1. The third-order valence-corrected chi connectivity index (χ3v) is 5.91. The highest BCUT2D eigenvalue weighted by Gasteiger charge is 2.27. The van der Waals surface area contributed by atoms with Crippen LogP contribution in [0.1, 0.15) is 0 Å². The molecule has 4 rings (SSSR count). The topological polar surface area (TPSA) is 98.9 Å². The van der Waals surface area contributed by atoms with Crippen molar-refractivity contribution < 1.29 is 9.72 Å². The van der Waals surface area contributed by atoms with Crippen LogP contribution in [0.5, 0.6) is 0 Å². The van der Waals surface area contributed by atoms with Crippen LogP contribution in [0.25, 0.3) is 0 Å². The fraction of sp³-hybridized carbons (Fsp3) is 0.450. The molecule has 0 spiro atoms. The lowest BCUT2D eigenvalue weighted by atomic mass is 10.2. The highest BCUT2D eigenvalue weighted by molar-refractivity contribution is 6.30. The normalized spacial score (nSPS) is 17.6. The number of piperazine rings is 2. The second-order valence-electron chi connectivity index (χ2n) is 7.57. The quantitative estimate of drug-likeness (QED) is 0.504. The fourth-order valence-electron chi connectivity index (χ4n) is 3.96. The number of benzene rings is 1. The zero-order chi connectivity index (χ0) is 21.8. The predicted octanol–water partition coefficient (Wildman–Crippen LogP) is 1.51. The molecule has 0 unspecified atom stereocenters. The number of halogens is 1. The van der Waals surface area contributed by atoms with Gasteiger partial charge in [-0.1, -0.05) is 11.6 Å². The molecule has 10 nitrogen and oxygen atoms in total. The summed E-state index contributed by atoms with van der Waals surface area (Å²) in [5, 5.41) is 11.7. The molecule has 3 heterocycles. The van der Waals surface area contributed by atoms with Gasteiger partial charge in [-0.3, -0.25) is 19.8 Å². The molecule has 2 fully saturated rings. The van der Waals surface area contributed by atoms with Gasteiger partial charge >= 0.3 is 0 Å². The average Bonchev–Trinajstić information content (AvgIpc) is 2.80. The maximum Gasteiger partial charge on any atom is 0.294 e. The van der Waals surface area contributed by atoms with Crippen LogP contribution in [-0.2, 0) is 4.79 Å². The zero-order valence-corrected chi connectivity index (χ0v) is 17.8. The van der Waals surface area contributed by atoms with E-state index in [1.165, 1.54) is 6.07 Å². The second kappa shape index (κ2) is 9.44. The van der Waals surface area contributed by atoms with Gasteiger partial charge in [0.2, 0.25) is 11.9 Å². The van der Waals surface area contributed by atoms with Gasteiger partial charge in [0, 0.05) is 75.8 Å². The predicted molar refractivity (Wildman–Crippen MR) is 118 cm³/mol. The summed E-state index contributed by atoms with van der Waals surface area (Å²) >= 11 is 5.91. The Morgan fingerprint density at radius 1 is 1.00 bits per heavy atom.